The Balaban J connectivity index is 1.46. The van der Waals surface area contributed by atoms with Crippen molar-refractivity contribution in [3.8, 4) is 0 Å². The molecule has 2 aliphatic rings. The summed E-state index contributed by atoms with van der Waals surface area (Å²) < 4.78 is 1.78. The lowest BCUT2D eigenvalue weighted by atomic mass is 9.92. The second-order valence-electron chi connectivity index (χ2n) is 6.00. The molecule has 0 aliphatic carbocycles. The first kappa shape index (κ1) is 13.4. The maximum Gasteiger partial charge on any atom is 0.233 e. The van der Waals surface area contributed by atoms with Gasteiger partial charge in [-0.3, -0.25) is 9.78 Å². The van der Waals surface area contributed by atoms with Crippen LogP contribution in [0.5, 0.6) is 0 Å². The first-order chi connectivity index (χ1) is 10.8. The van der Waals surface area contributed by atoms with Crippen LogP contribution in [0.4, 0.5) is 0 Å². The predicted molar refractivity (Wildman–Crippen MR) is 78.0 cm³/mol. The van der Waals surface area contributed by atoms with Gasteiger partial charge in [-0.1, -0.05) is 12.5 Å². The first-order valence-electron chi connectivity index (χ1n) is 7.78. The fourth-order valence-electron chi connectivity index (χ4n) is 3.28. The lowest BCUT2D eigenvalue weighted by molar-refractivity contribution is -0.137. The maximum atomic E-state index is 12.8. The summed E-state index contributed by atoms with van der Waals surface area (Å²) in [5, 5.41) is 11.8. The van der Waals surface area contributed by atoms with Crippen LogP contribution in [0.15, 0.2) is 24.4 Å². The molecule has 0 N–H and O–H groups in total. The number of pyridine rings is 1. The molecule has 1 fully saturated rings. The Bertz CT molecular complexity index is 664. The molecule has 2 aromatic heterocycles. The van der Waals surface area contributed by atoms with Crippen molar-refractivity contribution in [1.82, 2.24) is 30.1 Å². The SMILES string of the molecule is O=C([C@@H]1CCCCn2nnnc21)N1CC(c2ccccn2)C1. The number of fused-ring (bicyclic) bond motifs is 1. The number of likely N-dealkylation sites (tertiary alicyclic amines) is 1. The number of carbonyl (C=O) groups is 1. The van der Waals surface area contributed by atoms with Gasteiger partial charge in [0.25, 0.3) is 0 Å². The fraction of sp³-hybridized carbons (Fsp3) is 0.533. The highest BCUT2D eigenvalue weighted by molar-refractivity contribution is 5.83. The molecule has 0 radical (unpaired) electrons. The zero-order valence-corrected chi connectivity index (χ0v) is 12.3. The van der Waals surface area contributed by atoms with Crippen LogP contribution < -0.4 is 0 Å². The molecule has 1 atom stereocenters. The number of hydrogen-bond acceptors (Lipinski definition) is 5. The predicted octanol–water partition coefficient (Wildman–Crippen LogP) is 0.962. The van der Waals surface area contributed by atoms with E-state index in [0.717, 1.165) is 50.4 Å². The van der Waals surface area contributed by atoms with Crippen LogP contribution in [0.2, 0.25) is 0 Å². The standard InChI is InChI=1S/C15H18N6O/c22-15(12-5-2-4-8-21-14(12)17-18-19-21)20-9-11(10-20)13-6-1-3-7-16-13/h1,3,6-7,11-12H,2,4-5,8-10H2/t12-/m1/s1. The van der Waals surface area contributed by atoms with E-state index < -0.39 is 0 Å². The molecular weight excluding hydrogens is 280 g/mol. The van der Waals surface area contributed by atoms with Crippen molar-refractivity contribution in [3.05, 3.63) is 35.9 Å². The lowest BCUT2D eigenvalue weighted by Gasteiger charge is -2.40. The molecule has 1 amide bonds. The van der Waals surface area contributed by atoms with Crippen LogP contribution in [-0.2, 0) is 11.3 Å². The molecule has 7 heteroatoms. The lowest BCUT2D eigenvalue weighted by Crippen LogP contribution is -2.50. The molecule has 0 saturated carbocycles. The number of rotatable bonds is 2. The number of tetrazole rings is 1. The van der Waals surface area contributed by atoms with E-state index in [1.165, 1.54) is 0 Å². The van der Waals surface area contributed by atoms with Gasteiger partial charge in [-0.15, -0.1) is 5.10 Å². The van der Waals surface area contributed by atoms with E-state index in [2.05, 4.69) is 20.5 Å². The third-order valence-corrected chi connectivity index (χ3v) is 4.58. The van der Waals surface area contributed by atoms with Gasteiger partial charge < -0.3 is 4.90 Å². The molecule has 2 aromatic rings. The summed E-state index contributed by atoms with van der Waals surface area (Å²) in [6.45, 7) is 2.30. The van der Waals surface area contributed by atoms with Crippen LogP contribution in [0, 0.1) is 0 Å². The summed E-state index contributed by atoms with van der Waals surface area (Å²) in [4.78, 5) is 19.1. The second kappa shape index (κ2) is 5.47. The molecule has 7 nitrogen and oxygen atoms in total. The molecule has 0 spiro atoms. The van der Waals surface area contributed by atoms with Gasteiger partial charge >= 0.3 is 0 Å². The van der Waals surface area contributed by atoms with Gasteiger partial charge in [-0.2, -0.15) is 0 Å². The van der Waals surface area contributed by atoms with Crippen LogP contribution in [0.1, 0.15) is 42.6 Å². The molecule has 4 rings (SSSR count). The van der Waals surface area contributed by atoms with E-state index in [0.29, 0.717) is 5.92 Å². The molecule has 4 heterocycles. The van der Waals surface area contributed by atoms with E-state index in [1.54, 1.807) is 10.9 Å². The fourth-order valence-corrected chi connectivity index (χ4v) is 3.28. The molecule has 0 bridgehead atoms. The second-order valence-corrected chi connectivity index (χ2v) is 6.00. The third kappa shape index (κ3) is 2.26. The average Bonchev–Trinajstić information content (AvgIpc) is 2.86. The Morgan fingerprint density at radius 2 is 2.14 bits per heavy atom. The monoisotopic (exact) mass is 298 g/mol. The highest BCUT2D eigenvalue weighted by Gasteiger charge is 2.38. The Kier molecular flexibility index (Phi) is 3.32. The van der Waals surface area contributed by atoms with Gasteiger partial charge in [0.1, 0.15) is 0 Å². The van der Waals surface area contributed by atoms with Crippen LogP contribution in [0.25, 0.3) is 0 Å². The van der Waals surface area contributed by atoms with Gasteiger partial charge in [0, 0.05) is 37.4 Å². The van der Waals surface area contributed by atoms with Crippen molar-refractivity contribution in [1.29, 1.82) is 0 Å². The van der Waals surface area contributed by atoms with Crippen LogP contribution >= 0.6 is 0 Å². The molecule has 1 saturated heterocycles. The van der Waals surface area contributed by atoms with Crippen molar-refractivity contribution in [3.63, 3.8) is 0 Å². The molecule has 114 valence electrons. The van der Waals surface area contributed by atoms with Crippen molar-refractivity contribution >= 4 is 5.91 Å². The van der Waals surface area contributed by atoms with E-state index in [1.807, 2.05) is 23.1 Å². The number of nitrogens with zero attached hydrogens (tertiary/aromatic N) is 6. The number of aromatic nitrogens is 5. The van der Waals surface area contributed by atoms with E-state index in [9.17, 15) is 4.79 Å². The minimum atomic E-state index is -0.192. The Morgan fingerprint density at radius 1 is 1.23 bits per heavy atom. The zero-order chi connectivity index (χ0) is 14.9. The van der Waals surface area contributed by atoms with Gasteiger partial charge in [0.05, 0.1) is 5.92 Å². The smallest absolute Gasteiger partial charge is 0.233 e. The molecular formula is C15H18N6O. The van der Waals surface area contributed by atoms with Crippen molar-refractivity contribution in [2.24, 2.45) is 0 Å². The normalized spacial score (nSPS) is 21.8. The molecule has 22 heavy (non-hydrogen) atoms. The summed E-state index contributed by atoms with van der Waals surface area (Å²) >= 11 is 0. The third-order valence-electron chi connectivity index (χ3n) is 4.58. The van der Waals surface area contributed by atoms with Gasteiger partial charge in [-0.25, -0.2) is 4.68 Å². The topological polar surface area (TPSA) is 76.8 Å². The minimum Gasteiger partial charge on any atom is -0.341 e. The van der Waals surface area contributed by atoms with Gasteiger partial charge in [0.15, 0.2) is 5.82 Å². The number of amides is 1. The Morgan fingerprint density at radius 3 is 2.95 bits per heavy atom. The highest BCUT2D eigenvalue weighted by Crippen LogP contribution is 2.32. The molecule has 0 aromatic carbocycles. The molecule has 2 aliphatic heterocycles. The maximum absolute atomic E-state index is 12.8. The highest BCUT2D eigenvalue weighted by atomic mass is 16.2. The average molecular weight is 298 g/mol. The van der Waals surface area contributed by atoms with E-state index in [4.69, 9.17) is 0 Å². The summed E-state index contributed by atoms with van der Waals surface area (Å²) in [7, 11) is 0. The molecule has 0 unspecified atom stereocenters. The number of aryl methyl sites for hydroxylation is 1. The first-order valence-corrected chi connectivity index (χ1v) is 7.78. The van der Waals surface area contributed by atoms with Crippen molar-refractivity contribution in [2.75, 3.05) is 13.1 Å². The Hall–Kier alpha value is -2.31. The van der Waals surface area contributed by atoms with Crippen molar-refractivity contribution in [2.45, 2.75) is 37.6 Å². The van der Waals surface area contributed by atoms with Crippen LogP contribution in [0.3, 0.4) is 0 Å². The summed E-state index contributed by atoms with van der Waals surface area (Å²) in [6, 6.07) is 5.93. The quantitative estimate of drug-likeness (QED) is 0.825. The largest absolute Gasteiger partial charge is 0.341 e. The Labute approximate surface area is 128 Å². The zero-order valence-electron chi connectivity index (χ0n) is 12.3. The van der Waals surface area contributed by atoms with E-state index in [-0.39, 0.29) is 11.8 Å². The summed E-state index contributed by atoms with van der Waals surface area (Å²) in [5.41, 5.74) is 1.07. The summed E-state index contributed by atoms with van der Waals surface area (Å²) in [5.74, 6) is 1.04. The van der Waals surface area contributed by atoms with Gasteiger partial charge in [0.2, 0.25) is 5.91 Å². The number of carbonyl (C=O) groups excluding carboxylic acids is 1. The van der Waals surface area contributed by atoms with Crippen molar-refractivity contribution < 1.29 is 4.79 Å². The van der Waals surface area contributed by atoms with Gasteiger partial charge in [-0.05, 0) is 35.4 Å². The van der Waals surface area contributed by atoms with E-state index >= 15 is 0 Å². The summed E-state index contributed by atoms with van der Waals surface area (Å²) in [6.07, 6.45) is 4.69. The van der Waals surface area contributed by atoms with Crippen LogP contribution in [-0.4, -0.2) is 49.1 Å². The minimum absolute atomic E-state index is 0.158. The number of hydrogen-bond donors (Lipinski definition) is 0.